The van der Waals surface area contributed by atoms with Crippen LogP contribution in [0.2, 0.25) is 0 Å². The van der Waals surface area contributed by atoms with Crippen molar-refractivity contribution in [1.82, 2.24) is 10.2 Å². The summed E-state index contributed by atoms with van der Waals surface area (Å²) in [5, 5.41) is 11.6. The van der Waals surface area contributed by atoms with E-state index in [4.69, 9.17) is 9.84 Å². The van der Waals surface area contributed by atoms with Crippen molar-refractivity contribution in [3.63, 3.8) is 0 Å². The third kappa shape index (κ3) is 6.34. The number of carbonyl (C=O) groups is 3. The number of carboxylic acids is 1. The highest BCUT2D eigenvalue weighted by Crippen LogP contribution is 2.44. The summed E-state index contributed by atoms with van der Waals surface area (Å²) in [4.78, 5) is 37.3. The van der Waals surface area contributed by atoms with Crippen LogP contribution in [-0.4, -0.2) is 54.2 Å². The number of hydrogen-bond donors (Lipinski definition) is 2. The molecule has 2 amide bonds. The van der Waals surface area contributed by atoms with Crippen LogP contribution in [-0.2, 0) is 14.3 Å². The van der Waals surface area contributed by atoms with Crippen molar-refractivity contribution in [3.8, 4) is 11.1 Å². The molecule has 0 bridgehead atoms. The zero-order valence-electron chi connectivity index (χ0n) is 19.3. The van der Waals surface area contributed by atoms with Crippen LogP contribution in [0.3, 0.4) is 0 Å². The predicted octanol–water partition coefficient (Wildman–Crippen LogP) is 4.41. The van der Waals surface area contributed by atoms with Crippen LogP contribution in [0.25, 0.3) is 11.1 Å². The Morgan fingerprint density at radius 3 is 2.24 bits per heavy atom. The van der Waals surface area contributed by atoms with Gasteiger partial charge in [0.25, 0.3) is 0 Å². The van der Waals surface area contributed by atoms with E-state index in [0.29, 0.717) is 19.4 Å². The van der Waals surface area contributed by atoms with Crippen molar-refractivity contribution in [1.29, 1.82) is 0 Å². The Labute approximate surface area is 194 Å². The van der Waals surface area contributed by atoms with Gasteiger partial charge in [-0.2, -0.15) is 0 Å². The molecule has 1 unspecified atom stereocenters. The molecule has 1 aliphatic carbocycles. The summed E-state index contributed by atoms with van der Waals surface area (Å²) < 4.78 is 5.61. The van der Waals surface area contributed by atoms with Crippen LogP contribution < -0.4 is 5.32 Å². The Morgan fingerprint density at radius 1 is 1.06 bits per heavy atom. The third-order valence-corrected chi connectivity index (χ3v) is 6.03. The Hall–Kier alpha value is -3.35. The number of nitrogens with zero attached hydrogens (tertiary/aromatic N) is 1. The molecule has 0 aromatic heterocycles. The Morgan fingerprint density at radius 2 is 1.67 bits per heavy atom. The van der Waals surface area contributed by atoms with Gasteiger partial charge < -0.3 is 20.1 Å². The van der Waals surface area contributed by atoms with Crippen LogP contribution in [0.15, 0.2) is 48.5 Å². The molecule has 1 atom stereocenters. The van der Waals surface area contributed by atoms with Gasteiger partial charge in [-0.05, 0) is 35.1 Å². The van der Waals surface area contributed by atoms with E-state index in [9.17, 15) is 14.4 Å². The minimum atomic E-state index is -0.878. The summed E-state index contributed by atoms with van der Waals surface area (Å²) in [5.74, 6) is -1.02. The second kappa shape index (κ2) is 11.5. The van der Waals surface area contributed by atoms with E-state index in [1.165, 1.54) is 16.0 Å². The molecule has 0 heterocycles. The fourth-order valence-electron chi connectivity index (χ4n) is 4.34. The average molecular weight is 453 g/mol. The molecule has 0 fully saturated rings. The molecule has 1 aliphatic rings. The normalized spacial score (nSPS) is 13.0. The van der Waals surface area contributed by atoms with Crippen molar-refractivity contribution in [2.75, 3.05) is 20.2 Å². The van der Waals surface area contributed by atoms with Crippen molar-refractivity contribution < 1.29 is 24.2 Å². The number of carboxylic acid groups (broad SMARTS) is 1. The molecule has 3 rings (SSSR count). The molecule has 2 aromatic carbocycles. The number of aliphatic carboxylic acids is 1. The number of ether oxygens (including phenoxy) is 1. The van der Waals surface area contributed by atoms with Crippen molar-refractivity contribution in [3.05, 3.63) is 59.7 Å². The number of benzene rings is 2. The van der Waals surface area contributed by atoms with Gasteiger partial charge in [0.05, 0.1) is 0 Å². The number of amides is 2. The van der Waals surface area contributed by atoms with Gasteiger partial charge in [-0.15, -0.1) is 0 Å². The smallest absolute Gasteiger partial charge is 0.407 e. The average Bonchev–Trinajstić information content (AvgIpc) is 3.11. The topological polar surface area (TPSA) is 95.9 Å². The van der Waals surface area contributed by atoms with Crippen LogP contribution in [0, 0.1) is 0 Å². The molecule has 0 aliphatic heterocycles. The molecular formula is C26H32N2O5. The van der Waals surface area contributed by atoms with E-state index in [0.717, 1.165) is 17.5 Å². The van der Waals surface area contributed by atoms with E-state index in [-0.39, 0.29) is 37.3 Å². The van der Waals surface area contributed by atoms with Crippen molar-refractivity contribution in [2.45, 2.75) is 51.0 Å². The maximum absolute atomic E-state index is 12.6. The summed E-state index contributed by atoms with van der Waals surface area (Å²) >= 11 is 0. The maximum atomic E-state index is 12.6. The zero-order chi connectivity index (χ0) is 23.8. The molecule has 176 valence electrons. The molecule has 0 spiro atoms. The molecular weight excluding hydrogens is 420 g/mol. The number of rotatable bonds is 11. The first-order chi connectivity index (χ1) is 15.9. The van der Waals surface area contributed by atoms with Gasteiger partial charge in [0.2, 0.25) is 5.91 Å². The molecule has 2 aromatic rings. The summed E-state index contributed by atoms with van der Waals surface area (Å²) in [6.07, 6.45) is 1.51. The number of nitrogens with one attached hydrogen (secondary N) is 1. The molecule has 0 saturated carbocycles. The fraction of sp³-hybridized carbons (Fsp3) is 0.423. The molecule has 0 radical (unpaired) electrons. The van der Waals surface area contributed by atoms with Gasteiger partial charge in [0.1, 0.15) is 6.61 Å². The highest BCUT2D eigenvalue weighted by molar-refractivity contribution is 5.79. The summed E-state index contributed by atoms with van der Waals surface area (Å²) in [5.41, 5.74) is 4.63. The van der Waals surface area contributed by atoms with E-state index in [2.05, 4.69) is 29.6 Å². The van der Waals surface area contributed by atoms with Gasteiger partial charge in [-0.3, -0.25) is 9.59 Å². The second-order valence-electron chi connectivity index (χ2n) is 8.47. The minimum absolute atomic E-state index is 0.0187. The lowest BCUT2D eigenvalue weighted by molar-refractivity contribution is -0.138. The highest BCUT2D eigenvalue weighted by atomic mass is 16.5. The van der Waals surface area contributed by atoms with Crippen LogP contribution in [0.5, 0.6) is 0 Å². The molecule has 7 nitrogen and oxygen atoms in total. The zero-order valence-corrected chi connectivity index (χ0v) is 19.3. The van der Waals surface area contributed by atoms with Gasteiger partial charge in [0, 0.05) is 38.4 Å². The van der Waals surface area contributed by atoms with E-state index >= 15 is 0 Å². The molecule has 33 heavy (non-hydrogen) atoms. The van der Waals surface area contributed by atoms with Gasteiger partial charge in [-0.25, -0.2) is 4.79 Å². The van der Waals surface area contributed by atoms with Crippen molar-refractivity contribution >= 4 is 18.0 Å². The van der Waals surface area contributed by atoms with E-state index in [1.807, 2.05) is 31.2 Å². The monoisotopic (exact) mass is 452 g/mol. The lowest BCUT2D eigenvalue weighted by Gasteiger charge is -2.22. The number of carbonyl (C=O) groups excluding carboxylic acids is 2. The highest BCUT2D eigenvalue weighted by Gasteiger charge is 2.29. The number of alkyl carbamates (subject to hydrolysis) is 1. The largest absolute Gasteiger partial charge is 0.481 e. The number of hydrogen-bond acceptors (Lipinski definition) is 4. The molecule has 0 saturated heterocycles. The molecule has 2 N–H and O–H groups in total. The molecule has 7 heteroatoms. The first-order valence-corrected chi connectivity index (χ1v) is 11.5. The summed E-state index contributed by atoms with van der Waals surface area (Å²) in [6, 6.07) is 16.0. The maximum Gasteiger partial charge on any atom is 0.407 e. The fourth-order valence-corrected chi connectivity index (χ4v) is 4.34. The first kappa shape index (κ1) is 24.3. The van der Waals surface area contributed by atoms with Crippen LogP contribution in [0.4, 0.5) is 4.79 Å². The lowest BCUT2D eigenvalue weighted by atomic mass is 9.98. The van der Waals surface area contributed by atoms with Gasteiger partial charge >= 0.3 is 12.1 Å². The van der Waals surface area contributed by atoms with E-state index < -0.39 is 12.1 Å². The summed E-state index contributed by atoms with van der Waals surface area (Å²) in [6.45, 7) is 2.59. The lowest BCUT2D eigenvalue weighted by Crippen LogP contribution is -2.40. The van der Waals surface area contributed by atoms with Gasteiger partial charge in [0.15, 0.2) is 0 Å². The second-order valence-corrected chi connectivity index (χ2v) is 8.47. The SMILES string of the molecule is CCCC(CC(=O)N(C)CCCC(=O)O)NC(=O)OCC1c2ccccc2-c2ccccc21. The first-order valence-electron chi connectivity index (χ1n) is 11.5. The van der Waals surface area contributed by atoms with Gasteiger partial charge in [-0.1, -0.05) is 61.9 Å². The third-order valence-electron chi connectivity index (χ3n) is 6.03. The van der Waals surface area contributed by atoms with Crippen molar-refractivity contribution in [2.24, 2.45) is 0 Å². The Kier molecular flexibility index (Phi) is 8.46. The Balaban J connectivity index is 1.55. The predicted molar refractivity (Wildman–Crippen MR) is 126 cm³/mol. The van der Waals surface area contributed by atoms with Crippen LogP contribution in [0.1, 0.15) is 56.1 Å². The standard InChI is InChI=1S/C26H32N2O5/c1-3-9-18(16-24(29)28(2)15-8-14-25(30)31)27-26(32)33-17-23-21-12-6-4-10-19(21)20-11-5-7-13-22(20)23/h4-7,10-13,18,23H,3,8-9,14-17H2,1-2H3,(H,27,32)(H,30,31). The van der Waals surface area contributed by atoms with Crippen LogP contribution >= 0.6 is 0 Å². The number of fused-ring (bicyclic) bond motifs is 3. The minimum Gasteiger partial charge on any atom is -0.481 e. The quantitative estimate of drug-likeness (QED) is 0.527. The van der Waals surface area contributed by atoms with E-state index in [1.54, 1.807) is 7.05 Å². The Bertz CT molecular complexity index is 945. The summed E-state index contributed by atoms with van der Waals surface area (Å²) in [7, 11) is 1.65.